The second-order valence-corrected chi connectivity index (χ2v) is 4.30. The van der Waals surface area contributed by atoms with Crippen LogP contribution in [0.4, 0.5) is 0 Å². The molecule has 0 fully saturated rings. The van der Waals surface area contributed by atoms with Gasteiger partial charge in [0.1, 0.15) is 12.4 Å². The molecular formula is C11H15BrN2O2. The van der Waals surface area contributed by atoms with E-state index < -0.39 is 6.04 Å². The van der Waals surface area contributed by atoms with Gasteiger partial charge in [-0.2, -0.15) is 0 Å². The molecule has 1 unspecified atom stereocenters. The predicted octanol–water partition coefficient (Wildman–Crippen LogP) is 1.29. The van der Waals surface area contributed by atoms with Crippen LogP contribution in [0.3, 0.4) is 0 Å². The lowest BCUT2D eigenvalue weighted by Gasteiger charge is -2.09. The molecule has 0 aliphatic heterocycles. The van der Waals surface area contributed by atoms with Gasteiger partial charge in [0.05, 0.1) is 12.6 Å². The normalized spacial score (nSPS) is 11.9. The lowest BCUT2D eigenvalue weighted by atomic mass is 10.3. The Balaban J connectivity index is 2.23. The van der Waals surface area contributed by atoms with Gasteiger partial charge in [0.15, 0.2) is 0 Å². The van der Waals surface area contributed by atoms with Crippen molar-refractivity contribution in [2.24, 2.45) is 5.73 Å². The molecule has 16 heavy (non-hydrogen) atoms. The molecule has 5 heteroatoms. The summed E-state index contributed by atoms with van der Waals surface area (Å²) in [6.07, 6.45) is 0. The minimum Gasteiger partial charge on any atom is -0.492 e. The molecule has 0 saturated carbocycles. The Bertz CT molecular complexity index is 356. The maximum Gasteiger partial charge on any atom is 0.236 e. The molecule has 3 N–H and O–H groups in total. The van der Waals surface area contributed by atoms with Crippen LogP contribution in [0.25, 0.3) is 0 Å². The fourth-order valence-corrected chi connectivity index (χ4v) is 1.44. The lowest BCUT2D eigenvalue weighted by Crippen LogP contribution is -2.40. The number of nitrogens with two attached hydrogens (primary N) is 1. The largest absolute Gasteiger partial charge is 0.492 e. The van der Waals surface area contributed by atoms with Crippen molar-refractivity contribution >= 4 is 21.8 Å². The average Bonchev–Trinajstić information content (AvgIpc) is 2.24. The first-order valence-corrected chi connectivity index (χ1v) is 5.80. The Labute approximate surface area is 103 Å². The van der Waals surface area contributed by atoms with Crippen LogP contribution in [0.1, 0.15) is 6.92 Å². The number of halogens is 1. The molecule has 0 radical (unpaired) electrons. The van der Waals surface area contributed by atoms with E-state index in [9.17, 15) is 4.79 Å². The number of hydrogen-bond donors (Lipinski definition) is 2. The molecule has 0 heterocycles. The van der Waals surface area contributed by atoms with Gasteiger partial charge in [0, 0.05) is 4.47 Å². The highest BCUT2D eigenvalue weighted by Crippen LogP contribution is 2.17. The van der Waals surface area contributed by atoms with Gasteiger partial charge >= 0.3 is 0 Å². The van der Waals surface area contributed by atoms with Crippen molar-refractivity contribution in [3.05, 3.63) is 28.7 Å². The quantitative estimate of drug-likeness (QED) is 0.802. The second kappa shape index (κ2) is 6.50. The van der Waals surface area contributed by atoms with E-state index in [1.54, 1.807) is 6.92 Å². The first-order chi connectivity index (χ1) is 7.59. The van der Waals surface area contributed by atoms with Gasteiger partial charge in [0.25, 0.3) is 0 Å². The maximum absolute atomic E-state index is 11.1. The molecule has 0 spiro atoms. The molecule has 1 aromatic carbocycles. The Kier molecular flexibility index (Phi) is 5.28. The third kappa shape index (κ3) is 4.63. The highest BCUT2D eigenvalue weighted by Gasteiger charge is 2.05. The number of benzene rings is 1. The molecule has 4 nitrogen and oxygen atoms in total. The van der Waals surface area contributed by atoms with Crippen molar-refractivity contribution in [3.8, 4) is 5.75 Å². The van der Waals surface area contributed by atoms with Crippen LogP contribution in [0.5, 0.6) is 5.75 Å². The topological polar surface area (TPSA) is 64.4 Å². The van der Waals surface area contributed by atoms with Crippen LogP contribution in [0.15, 0.2) is 28.7 Å². The van der Waals surface area contributed by atoms with Crippen LogP contribution in [0.2, 0.25) is 0 Å². The molecule has 1 atom stereocenters. The average molecular weight is 287 g/mol. The van der Waals surface area contributed by atoms with Gasteiger partial charge in [0.2, 0.25) is 5.91 Å². The Morgan fingerprint density at radius 1 is 1.62 bits per heavy atom. The van der Waals surface area contributed by atoms with Gasteiger partial charge in [-0.25, -0.2) is 0 Å². The van der Waals surface area contributed by atoms with Gasteiger partial charge in [-0.1, -0.05) is 22.0 Å². The summed E-state index contributed by atoms with van der Waals surface area (Å²) >= 11 is 3.35. The monoisotopic (exact) mass is 286 g/mol. The van der Waals surface area contributed by atoms with E-state index >= 15 is 0 Å². The van der Waals surface area contributed by atoms with Crippen LogP contribution in [0, 0.1) is 0 Å². The third-order valence-electron chi connectivity index (χ3n) is 1.88. The van der Waals surface area contributed by atoms with Gasteiger partial charge in [-0.05, 0) is 25.1 Å². The maximum atomic E-state index is 11.1. The second-order valence-electron chi connectivity index (χ2n) is 3.39. The Morgan fingerprint density at radius 3 is 3.00 bits per heavy atom. The molecule has 1 aromatic rings. The number of nitrogens with one attached hydrogen (secondary N) is 1. The number of hydrogen-bond acceptors (Lipinski definition) is 3. The molecule has 0 saturated heterocycles. The smallest absolute Gasteiger partial charge is 0.236 e. The zero-order chi connectivity index (χ0) is 12.0. The third-order valence-corrected chi connectivity index (χ3v) is 2.37. The van der Waals surface area contributed by atoms with Crippen molar-refractivity contribution in [2.45, 2.75) is 13.0 Å². The number of carbonyl (C=O) groups excluding carboxylic acids is 1. The van der Waals surface area contributed by atoms with Crippen LogP contribution in [-0.4, -0.2) is 25.1 Å². The minimum atomic E-state index is -0.481. The minimum absolute atomic E-state index is 0.169. The van der Waals surface area contributed by atoms with E-state index in [0.29, 0.717) is 13.2 Å². The lowest BCUT2D eigenvalue weighted by molar-refractivity contribution is -0.122. The number of carbonyl (C=O) groups is 1. The fraction of sp³-hybridized carbons (Fsp3) is 0.364. The summed E-state index contributed by atoms with van der Waals surface area (Å²) in [7, 11) is 0. The first kappa shape index (κ1) is 13.0. The summed E-state index contributed by atoms with van der Waals surface area (Å²) < 4.78 is 6.39. The molecular weight excluding hydrogens is 272 g/mol. The zero-order valence-corrected chi connectivity index (χ0v) is 10.7. The van der Waals surface area contributed by atoms with Crippen molar-refractivity contribution in [1.82, 2.24) is 5.32 Å². The van der Waals surface area contributed by atoms with Crippen LogP contribution in [-0.2, 0) is 4.79 Å². The van der Waals surface area contributed by atoms with Crippen molar-refractivity contribution < 1.29 is 9.53 Å². The molecule has 0 aliphatic carbocycles. The summed E-state index contributed by atoms with van der Waals surface area (Å²) in [5, 5.41) is 2.67. The molecule has 1 amide bonds. The summed E-state index contributed by atoms with van der Waals surface area (Å²) in [6.45, 7) is 2.52. The summed E-state index contributed by atoms with van der Waals surface area (Å²) in [4.78, 5) is 11.1. The molecule has 0 bridgehead atoms. The van der Waals surface area contributed by atoms with E-state index in [0.717, 1.165) is 10.2 Å². The number of rotatable bonds is 5. The SMILES string of the molecule is CC(N)C(=O)NCCOc1cccc(Br)c1. The zero-order valence-electron chi connectivity index (χ0n) is 9.07. The van der Waals surface area contributed by atoms with Crippen molar-refractivity contribution in [3.63, 3.8) is 0 Å². The Hall–Kier alpha value is -1.07. The van der Waals surface area contributed by atoms with E-state index in [1.165, 1.54) is 0 Å². The summed E-state index contributed by atoms with van der Waals surface area (Å²) in [6, 6.07) is 7.06. The highest BCUT2D eigenvalue weighted by molar-refractivity contribution is 9.10. The Morgan fingerprint density at radius 2 is 2.38 bits per heavy atom. The van der Waals surface area contributed by atoms with E-state index in [-0.39, 0.29) is 5.91 Å². The van der Waals surface area contributed by atoms with E-state index in [4.69, 9.17) is 10.5 Å². The van der Waals surface area contributed by atoms with Crippen molar-refractivity contribution in [1.29, 1.82) is 0 Å². The van der Waals surface area contributed by atoms with Crippen LogP contribution >= 0.6 is 15.9 Å². The highest BCUT2D eigenvalue weighted by atomic mass is 79.9. The number of ether oxygens (including phenoxy) is 1. The molecule has 0 aromatic heterocycles. The summed E-state index contributed by atoms with van der Waals surface area (Å²) in [5.74, 6) is 0.599. The predicted molar refractivity (Wildman–Crippen MR) is 66.3 cm³/mol. The summed E-state index contributed by atoms with van der Waals surface area (Å²) in [5.41, 5.74) is 5.39. The van der Waals surface area contributed by atoms with E-state index in [2.05, 4.69) is 21.2 Å². The molecule has 1 rings (SSSR count). The van der Waals surface area contributed by atoms with Crippen LogP contribution < -0.4 is 15.8 Å². The number of amides is 1. The molecule has 88 valence electrons. The van der Waals surface area contributed by atoms with Crippen molar-refractivity contribution in [2.75, 3.05) is 13.2 Å². The van der Waals surface area contributed by atoms with Gasteiger partial charge < -0.3 is 15.8 Å². The molecule has 0 aliphatic rings. The fourth-order valence-electron chi connectivity index (χ4n) is 1.06. The van der Waals surface area contributed by atoms with Gasteiger partial charge in [-0.3, -0.25) is 4.79 Å². The first-order valence-electron chi connectivity index (χ1n) is 5.01. The van der Waals surface area contributed by atoms with Gasteiger partial charge in [-0.15, -0.1) is 0 Å². The standard InChI is InChI=1S/C11H15BrN2O2/c1-8(13)11(15)14-5-6-16-10-4-2-3-9(12)7-10/h2-4,7-8H,5-6,13H2,1H3,(H,14,15). The van der Waals surface area contributed by atoms with E-state index in [1.807, 2.05) is 24.3 Å².